The van der Waals surface area contributed by atoms with E-state index in [2.05, 4.69) is 9.73 Å². The van der Waals surface area contributed by atoms with Gasteiger partial charge in [0.1, 0.15) is 0 Å². The summed E-state index contributed by atoms with van der Waals surface area (Å²) in [5.74, 6) is -1.30. The normalized spacial score (nSPS) is 10.8. The van der Waals surface area contributed by atoms with E-state index in [0.717, 1.165) is 11.6 Å². The van der Waals surface area contributed by atoms with Crippen LogP contribution >= 0.6 is 11.6 Å². The fraction of sp³-hybridized carbons (Fsp3) is 0.125. The van der Waals surface area contributed by atoms with Gasteiger partial charge in [0.2, 0.25) is 0 Å². The standard InChI is InChI=1S/C16H13ClN2O5/c1-9-3-4-10(16(21)24-2)6-13(9)18-8-11-5-12(17)7-14(15(11)20)19(22)23/h3-8,20H,1-2H3/p-1. The van der Waals surface area contributed by atoms with Crippen LogP contribution in [0.5, 0.6) is 5.75 Å². The van der Waals surface area contributed by atoms with E-state index in [-0.39, 0.29) is 10.6 Å². The number of carbonyl (C=O) groups is 1. The van der Waals surface area contributed by atoms with Crippen molar-refractivity contribution in [2.75, 3.05) is 7.11 Å². The summed E-state index contributed by atoms with van der Waals surface area (Å²) in [5, 5.41) is 22.9. The lowest BCUT2D eigenvalue weighted by Crippen LogP contribution is -2.02. The van der Waals surface area contributed by atoms with Gasteiger partial charge in [0, 0.05) is 17.3 Å². The number of hydrogen-bond donors (Lipinski definition) is 0. The number of aliphatic imine (C=N–C) groups is 1. The first-order valence-corrected chi connectivity index (χ1v) is 7.09. The van der Waals surface area contributed by atoms with Gasteiger partial charge in [-0.25, -0.2) is 4.79 Å². The Morgan fingerprint density at radius 1 is 1.33 bits per heavy atom. The highest BCUT2D eigenvalue weighted by atomic mass is 35.5. The van der Waals surface area contributed by atoms with Gasteiger partial charge in [0.15, 0.2) is 0 Å². The Labute approximate surface area is 142 Å². The maximum Gasteiger partial charge on any atom is 0.337 e. The number of aryl methyl sites for hydroxylation is 1. The molecule has 0 saturated carbocycles. The van der Waals surface area contributed by atoms with Crippen LogP contribution in [0.3, 0.4) is 0 Å². The summed E-state index contributed by atoms with van der Waals surface area (Å²) in [6.07, 6.45) is 1.19. The van der Waals surface area contributed by atoms with Crippen LogP contribution in [0, 0.1) is 17.0 Å². The van der Waals surface area contributed by atoms with Gasteiger partial charge in [-0.15, -0.1) is 0 Å². The van der Waals surface area contributed by atoms with Crippen molar-refractivity contribution in [2.24, 2.45) is 4.99 Å². The van der Waals surface area contributed by atoms with Crippen LogP contribution in [-0.4, -0.2) is 24.2 Å². The quantitative estimate of drug-likeness (QED) is 0.365. The van der Waals surface area contributed by atoms with Crippen LogP contribution in [0.15, 0.2) is 35.3 Å². The second kappa shape index (κ2) is 7.10. The molecule has 2 aromatic rings. The van der Waals surface area contributed by atoms with Crippen molar-refractivity contribution in [2.45, 2.75) is 6.92 Å². The summed E-state index contributed by atoms with van der Waals surface area (Å²) in [6, 6.07) is 7.05. The van der Waals surface area contributed by atoms with E-state index < -0.39 is 22.3 Å². The summed E-state index contributed by atoms with van der Waals surface area (Å²) < 4.78 is 4.64. The summed E-state index contributed by atoms with van der Waals surface area (Å²) in [7, 11) is 1.26. The van der Waals surface area contributed by atoms with Gasteiger partial charge in [0.05, 0.1) is 23.3 Å². The number of halogens is 1. The highest BCUT2D eigenvalue weighted by Gasteiger charge is 2.12. The molecule has 2 rings (SSSR count). The largest absolute Gasteiger partial charge is 0.867 e. The average Bonchev–Trinajstić information content (AvgIpc) is 2.55. The summed E-state index contributed by atoms with van der Waals surface area (Å²) in [6.45, 7) is 1.77. The highest BCUT2D eigenvalue weighted by Crippen LogP contribution is 2.30. The van der Waals surface area contributed by atoms with Crippen molar-refractivity contribution >= 4 is 35.2 Å². The van der Waals surface area contributed by atoms with Crippen molar-refractivity contribution in [3.63, 3.8) is 0 Å². The molecule has 0 heterocycles. The van der Waals surface area contributed by atoms with Crippen LogP contribution in [0.25, 0.3) is 0 Å². The minimum absolute atomic E-state index is 0.0166. The topological polar surface area (TPSA) is 105 Å². The number of methoxy groups -OCH3 is 1. The number of nitrogens with zero attached hydrogens (tertiary/aromatic N) is 2. The van der Waals surface area contributed by atoms with E-state index in [4.69, 9.17) is 11.6 Å². The molecule has 24 heavy (non-hydrogen) atoms. The second-order valence-corrected chi connectivity index (χ2v) is 5.29. The molecule has 0 N–H and O–H groups in total. The third-order valence-electron chi connectivity index (χ3n) is 3.23. The number of rotatable bonds is 4. The molecule has 0 unspecified atom stereocenters. The lowest BCUT2D eigenvalue weighted by atomic mass is 10.1. The van der Waals surface area contributed by atoms with Gasteiger partial charge in [0.25, 0.3) is 5.69 Å². The van der Waals surface area contributed by atoms with Crippen LogP contribution < -0.4 is 5.11 Å². The molecule has 124 valence electrons. The zero-order valence-electron chi connectivity index (χ0n) is 12.8. The van der Waals surface area contributed by atoms with Crippen LogP contribution in [0.1, 0.15) is 21.5 Å². The van der Waals surface area contributed by atoms with Crippen LogP contribution in [0.4, 0.5) is 11.4 Å². The molecule has 0 aliphatic carbocycles. The van der Waals surface area contributed by atoms with Gasteiger partial charge < -0.3 is 9.84 Å². The SMILES string of the molecule is COC(=O)c1ccc(C)c(N=Cc2cc(Cl)cc([N+](=O)[O-])c2[O-])c1. The van der Waals surface area contributed by atoms with E-state index >= 15 is 0 Å². The van der Waals surface area contributed by atoms with Crippen molar-refractivity contribution in [1.82, 2.24) is 0 Å². The minimum atomic E-state index is -0.797. The Hall–Kier alpha value is -2.93. The predicted octanol–water partition coefficient (Wildman–Crippen LogP) is 3.17. The molecular formula is C16H12ClN2O5-. The Balaban J connectivity index is 2.45. The molecule has 0 aliphatic heterocycles. The molecular weight excluding hydrogens is 336 g/mol. The number of ether oxygens (including phenoxy) is 1. The van der Waals surface area contributed by atoms with E-state index in [0.29, 0.717) is 11.3 Å². The highest BCUT2D eigenvalue weighted by molar-refractivity contribution is 6.31. The molecule has 2 aromatic carbocycles. The van der Waals surface area contributed by atoms with Gasteiger partial charge in [-0.1, -0.05) is 17.7 Å². The third-order valence-corrected chi connectivity index (χ3v) is 3.45. The number of nitro benzene ring substituents is 1. The smallest absolute Gasteiger partial charge is 0.337 e. The first-order valence-electron chi connectivity index (χ1n) is 6.71. The number of hydrogen-bond acceptors (Lipinski definition) is 6. The molecule has 0 amide bonds. The Bertz CT molecular complexity index is 849. The molecule has 0 bridgehead atoms. The number of nitro groups is 1. The maximum absolute atomic E-state index is 12.0. The van der Waals surface area contributed by atoms with Crippen LogP contribution in [-0.2, 0) is 4.74 Å². The maximum atomic E-state index is 12.0. The molecule has 0 saturated heterocycles. The Morgan fingerprint density at radius 2 is 2.04 bits per heavy atom. The van der Waals surface area contributed by atoms with Gasteiger partial charge in [-0.2, -0.15) is 0 Å². The van der Waals surface area contributed by atoms with Crippen molar-refractivity contribution in [1.29, 1.82) is 0 Å². The molecule has 0 radical (unpaired) electrons. The van der Waals surface area contributed by atoms with Crippen molar-refractivity contribution in [3.05, 3.63) is 62.2 Å². The van der Waals surface area contributed by atoms with Crippen molar-refractivity contribution in [3.8, 4) is 5.75 Å². The molecule has 0 aromatic heterocycles. The second-order valence-electron chi connectivity index (χ2n) is 4.85. The summed E-state index contributed by atoms with van der Waals surface area (Å²) >= 11 is 5.80. The molecule has 7 nitrogen and oxygen atoms in total. The van der Waals surface area contributed by atoms with Crippen molar-refractivity contribution < 1.29 is 19.6 Å². The number of benzene rings is 2. The molecule has 0 spiro atoms. The van der Waals surface area contributed by atoms with Crippen LogP contribution in [0.2, 0.25) is 5.02 Å². The zero-order chi connectivity index (χ0) is 17.9. The summed E-state index contributed by atoms with van der Waals surface area (Å²) in [5.41, 5.74) is 0.846. The summed E-state index contributed by atoms with van der Waals surface area (Å²) in [4.78, 5) is 25.8. The van der Waals surface area contributed by atoms with E-state index in [1.54, 1.807) is 19.1 Å². The van der Waals surface area contributed by atoms with Gasteiger partial charge in [-0.05, 0) is 42.0 Å². The Morgan fingerprint density at radius 3 is 2.67 bits per heavy atom. The fourth-order valence-corrected chi connectivity index (χ4v) is 2.18. The first kappa shape index (κ1) is 17.4. The fourth-order valence-electron chi connectivity index (χ4n) is 1.96. The number of esters is 1. The molecule has 8 heteroatoms. The first-order chi connectivity index (χ1) is 11.3. The van der Waals surface area contributed by atoms with Gasteiger partial charge in [-0.3, -0.25) is 15.1 Å². The third kappa shape index (κ3) is 3.69. The predicted molar refractivity (Wildman–Crippen MR) is 87.3 cm³/mol. The molecule has 0 aliphatic rings. The van der Waals surface area contributed by atoms with E-state index in [9.17, 15) is 20.0 Å². The Kier molecular flexibility index (Phi) is 5.15. The van der Waals surface area contributed by atoms with E-state index in [1.807, 2.05) is 0 Å². The molecule has 0 fully saturated rings. The average molecular weight is 348 g/mol. The zero-order valence-corrected chi connectivity index (χ0v) is 13.5. The lowest BCUT2D eigenvalue weighted by molar-refractivity contribution is -0.398. The van der Waals surface area contributed by atoms with E-state index in [1.165, 1.54) is 25.5 Å². The number of carbonyl (C=O) groups excluding carboxylic acids is 1. The monoisotopic (exact) mass is 347 g/mol. The van der Waals surface area contributed by atoms with Gasteiger partial charge >= 0.3 is 5.97 Å². The minimum Gasteiger partial charge on any atom is -0.867 e. The lowest BCUT2D eigenvalue weighted by Gasteiger charge is -2.11. The molecule has 0 atom stereocenters.